The molecule has 1 aliphatic carbocycles. The van der Waals surface area contributed by atoms with Crippen LogP contribution in [0.1, 0.15) is 37.8 Å². The molecule has 2 aromatic heterocycles. The van der Waals surface area contributed by atoms with Crippen LogP contribution in [0.5, 0.6) is 0 Å². The Balaban J connectivity index is 1.77. The molecule has 0 aromatic carbocycles. The lowest BCUT2D eigenvalue weighted by Crippen LogP contribution is -2.30. The second kappa shape index (κ2) is 4.59. The SMILES string of the molecule is Cc1nn(C)c2n[nH]c(NC(=O)CC3(O)CCCC3)c12. The zero-order chi connectivity index (χ0) is 14.3. The minimum atomic E-state index is -0.840. The summed E-state index contributed by atoms with van der Waals surface area (Å²) in [5, 5.41) is 25.1. The van der Waals surface area contributed by atoms with E-state index in [1.807, 2.05) is 14.0 Å². The molecule has 3 rings (SSSR count). The van der Waals surface area contributed by atoms with E-state index in [9.17, 15) is 9.90 Å². The highest BCUT2D eigenvalue weighted by Crippen LogP contribution is 2.33. The highest BCUT2D eigenvalue weighted by molar-refractivity contribution is 6.00. The molecule has 20 heavy (non-hydrogen) atoms. The predicted octanol–water partition coefficient (Wildman–Crippen LogP) is 1.24. The monoisotopic (exact) mass is 277 g/mol. The van der Waals surface area contributed by atoms with Crippen molar-refractivity contribution in [2.45, 2.75) is 44.6 Å². The average Bonchev–Trinajstić information content (AvgIpc) is 3.01. The van der Waals surface area contributed by atoms with Crippen LogP contribution in [0.25, 0.3) is 11.0 Å². The van der Waals surface area contributed by atoms with Gasteiger partial charge in [-0.05, 0) is 19.8 Å². The van der Waals surface area contributed by atoms with Gasteiger partial charge in [-0.15, -0.1) is 0 Å². The minimum absolute atomic E-state index is 0.132. The lowest BCUT2D eigenvalue weighted by molar-refractivity contribution is -0.120. The first-order valence-electron chi connectivity index (χ1n) is 6.88. The zero-order valence-electron chi connectivity index (χ0n) is 11.7. The Morgan fingerprint density at radius 2 is 2.20 bits per heavy atom. The highest BCUT2D eigenvalue weighted by Gasteiger charge is 2.33. The number of fused-ring (bicyclic) bond motifs is 1. The Kier molecular flexibility index (Phi) is 3.01. The summed E-state index contributed by atoms with van der Waals surface area (Å²) in [6, 6.07) is 0. The summed E-state index contributed by atoms with van der Waals surface area (Å²) < 4.78 is 1.67. The molecular formula is C13H19N5O2. The third-order valence-corrected chi connectivity index (χ3v) is 4.00. The van der Waals surface area contributed by atoms with Gasteiger partial charge < -0.3 is 10.4 Å². The summed E-state index contributed by atoms with van der Waals surface area (Å²) in [5.74, 6) is 0.361. The molecule has 0 atom stereocenters. The van der Waals surface area contributed by atoms with Gasteiger partial charge in [0.1, 0.15) is 5.82 Å². The summed E-state index contributed by atoms with van der Waals surface area (Å²) >= 11 is 0. The number of aromatic amines is 1. The van der Waals surface area contributed by atoms with E-state index in [0.29, 0.717) is 24.3 Å². The van der Waals surface area contributed by atoms with Crippen LogP contribution >= 0.6 is 0 Å². The van der Waals surface area contributed by atoms with Gasteiger partial charge in [-0.25, -0.2) is 4.68 Å². The summed E-state index contributed by atoms with van der Waals surface area (Å²) in [6.45, 7) is 1.87. The van der Waals surface area contributed by atoms with Crippen LogP contribution < -0.4 is 5.32 Å². The first-order valence-corrected chi connectivity index (χ1v) is 6.88. The molecule has 1 aliphatic rings. The largest absolute Gasteiger partial charge is 0.389 e. The van der Waals surface area contributed by atoms with Crippen molar-refractivity contribution in [3.8, 4) is 0 Å². The molecule has 2 aromatic rings. The van der Waals surface area contributed by atoms with E-state index in [1.165, 1.54) is 0 Å². The van der Waals surface area contributed by atoms with Gasteiger partial charge in [-0.1, -0.05) is 12.8 Å². The molecule has 7 heteroatoms. The fourth-order valence-electron chi connectivity index (χ4n) is 3.01. The Bertz CT molecular complexity index is 651. The first kappa shape index (κ1) is 13.1. The Labute approximate surface area is 116 Å². The van der Waals surface area contributed by atoms with Crippen LogP contribution in [0.3, 0.4) is 0 Å². The summed E-state index contributed by atoms with van der Waals surface area (Å²) in [6.07, 6.45) is 3.50. The van der Waals surface area contributed by atoms with Gasteiger partial charge in [0.15, 0.2) is 5.65 Å². The van der Waals surface area contributed by atoms with Gasteiger partial charge in [0, 0.05) is 7.05 Å². The van der Waals surface area contributed by atoms with E-state index >= 15 is 0 Å². The Morgan fingerprint density at radius 1 is 1.50 bits per heavy atom. The number of H-pyrrole nitrogens is 1. The summed E-state index contributed by atoms with van der Waals surface area (Å²) in [7, 11) is 1.81. The number of nitrogens with zero attached hydrogens (tertiary/aromatic N) is 3. The van der Waals surface area contributed by atoms with Crippen molar-refractivity contribution in [3.05, 3.63) is 5.69 Å². The Morgan fingerprint density at radius 3 is 2.90 bits per heavy atom. The molecule has 2 heterocycles. The molecule has 1 fully saturated rings. The number of hydrogen-bond donors (Lipinski definition) is 3. The van der Waals surface area contributed by atoms with Gasteiger partial charge in [-0.3, -0.25) is 9.89 Å². The molecule has 0 unspecified atom stereocenters. The molecule has 0 aliphatic heterocycles. The van der Waals surface area contributed by atoms with Crippen LogP contribution in [0, 0.1) is 6.92 Å². The van der Waals surface area contributed by atoms with Crippen molar-refractivity contribution in [2.24, 2.45) is 7.05 Å². The van der Waals surface area contributed by atoms with Gasteiger partial charge in [-0.2, -0.15) is 10.2 Å². The zero-order valence-corrected chi connectivity index (χ0v) is 11.7. The van der Waals surface area contributed by atoms with Crippen LogP contribution in [0.4, 0.5) is 5.82 Å². The van der Waals surface area contributed by atoms with E-state index in [-0.39, 0.29) is 12.3 Å². The first-order chi connectivity index (χ1) is 9.48. The molecule has 0 spiro atoms. The molecule has 0 saturated heterocycles. The van der Waals surface area contributed by atoms with Crippen LogP contribution in [-0.4, -0.2) is 36.6 Å². The minimum Gasteiger partial charge on any atom is -0.389 e. The van der Waals surface area contributed by atoms with Crippen LogP contribution in [0.15, 0.2) is 0 Å². The molecule has 3 N–H and O–H groups in total. The van der Waals surface area contributed by atoms with Crippen LogP contribution in [-0.2, 0) is 11.8 Å². The maximum atomic E-state index is 12.1. The number of rotatable bonds is 3. The van der Waals surface area contributed by atoms with Crippen molar-refractivity contribution in [3.63, 3.8) is 0 Å². The average molecular weight is 277 g/mol. The summed E-state index contributed by atoms with van der Waals surface area (Å²) in [5.41, 5.74) is 0.677. The fraction of sp³-hybridized carbons (Fsp3) is 0.615. The molecular weight excluding hydrogens is 258 g/mol. The van der Waals surface area contributed by atoms with E-state index in [4.69, 9.17) is 0 Å². The van der Waals surface area contributed by atoms with Gasteiger partial charge >= 0.3 is 0 Å². The number of anilines is 1. The van der Waals surface area contributed by atoms with Gasteiger partial charge in [0.2, 0.25) is 5.91 Å². The lowest BCUT2D eigenvalue weighted by Gasteiger charge is -2.20. The number of hydrogen-bond acceptors (Lipinski definition) is 4. The predicted molar refractivity (Wildman–Crippen MR) is 74.3 cm³/mol. The van der Waals surface area contributed by atoms with Crippen molar-refractivity contribution >= 4 is 22.8 Å². The molecule has 7 nitrogen and oxygen atoms in total. The van der Waals surface area contributed by atoms with Crippen molar-refractivity contribution in [1.82, 2.24) is 20.0 Å². The number of aliphatic hydroxyl groups is 1. The van der Waals surface area contributed by atoms with Crippen LogP contribution in [0.2, 0.25) is 0 Å². The molecule has 1 amide bonds. The maximum absolute atomic E-state index is 12.1. The van der Waals surface area contributed by atoms with Gasteiger partial charge in [0.05, 0.1) is 23.1 Å². The highest BCUT2D eigenvalue weighted by atomic mass is 16.3. The standard InChI is InChI=1S/C13H19N5O2/c1-8-10-11(15-16-12(10)18(2)17-8)14-9(19)7-13(20)5-3-4-6-13/h20H,3-7H2,1-2H3,(H2,14,15,16,19). The quantitative estimate of drug-likeness (QED) is 0.786. The number of aromatic nitrogens is 4. The van der Waals surface area contributed by atoms with E-state index in [0.717, 1.165) is 23.9 Å². The second-order valence-corrected chi connectivity index (χ2v) is 5.66. The van der Waals surface area contributed by atoms with E-state index < -0.39 is 5.60 Å². The van der Waals surface area contributed by atoms with E-state index in [2.05, 4.69) is 20.6 Å². The second-order valence-electron chi connectivity index (χ2n) is 5.66. The van der Waals surface area contributed by atoms with Crippen molar-refractivity contribution in [2.75, 3.05) is 5.32 Å². The lowest BCUT2D eigenvalue weighted by atomic mass is 9.98. The molecule has 108 valence electrons. The summed E-state index contributed by atoms with van der Waals surface area (Å²) in [4.78, 5) is 12.1. The third-order valence-electron chi connectivity index (χ3n) is 4.00. The Hall–Kier alpha value is -1.89. The topological polar surface area (TPSA) is 95.8 Å². The normalized spacial score (nSPS) is 17.8. The van der Waals surface area contributed by atoms with Crippen molar-refractivity contribution in [1.29, 1.82) is 0 Å². The smallest absolute Gasteiger partial charge is 0.228 e. The number of carbonyl (C=O) groups is 1. The van der Waals surface area contributed by atoms with E-state index in [1.54, 1.807) is 4.68 Å². The van der Waals surface area contributed by atoms with Gasteiger partial charge in [0.25, 0.3) is 0 Å². The molecule has 0 bridgehead atoms. The number of amides is 1. The number of nitrogens with one attached hydrogen (secondary N) is 2. The number of aryl methyl sites for hydroxylation is 2. The fourth-order valence-corrected chi connectivity index (χ4v) is 3.01. The van der Waals surface area contributed by atoms with Crippen molar-refractivity contribution < 1.29 is 9.90 Å². The maximum Gasteiger partial charge on any atom is 0.228 e. The third kappa shape index (κ3) is 2.18. The number of carbonyl (C=O) groups excluding carboxylic acids is 1. The molecule has 1 saturated carbocycles. The molecule has 0 radical (unpaired) electrons.